The highest BCUT2D eigenvalue weighted by Gasteiger charge is 2.22. The molecule has 2 N–H and O–H groups in total. The van der Waals surface area contributed by atoms with Crippen molar-refractivity contribution in [2.75, 3.05) is 32.0 Å². The second-order valence-electron chi connectivity index (χ2n) is 5.24. The molecule has 1 heterocycles. The van der Waals surface area contributed by atoms with Gasteiger partial charge in [-0.15, -0.1) is 0 Å². The molecule has 0 spiro atoms. The molecular weight excluding hydrogens is 272 g/mol. The van der Waals surface area contributed by atoms with E-state index in [1.54, 1.807) is 0 Å². The maximum Gasteiger partial charge on any atom is 0.292 e. The van der Waals surface area contributed by atoms with E-state index in [0.29, 0.717) is 17.8 Å². The van der Waals surface area contributed by atoms with E-state index in [9.17, 15) is 14.9 Å². The van der Waals surface area contributed by atoms with Crippen LogP contribution in [0.2, 0.25) is 0 Å². The van der Waals surface area contributed by atoms with Gasteiger partial charge in [-0.3, -0.25) is 14.9 Å². The summed E-state index contributed by atoms with van der Waals surface area (Å²) in [6.45, 7) is 4.21. The molecule has 1 saturated heterocycles. The van der Waals surface area contributed by atoms with Gasteiger partial charge < -0.3 is 15.5 Å². The highest BCUT2D eigenvalue weighted by atomic mass is 16.6. The number of hydrogen-bond acceptors (Lipinski definition) is 5. The molecular formula is C14H20N4O3. The van der Waals surface area contributed by atoms with Gasteiger partial charge in [-0.25, -0.2) is 0 Å². The average Bonchev–Trinajstić information content (AvgIpc) is 2.84. The third-order valence-electron chi connectivity index (χ3n) is 3.55. The van der Waals surface area contributed by atoms with Crippen LogP contribution >= 0.6 is 0 Å². The van der Waals surface area contributed by atoms with E-state index in [1.165, 1.54) is 18.2 Å². The number of carbonyl (C=O) groups is 1. The fourth-order valence-electron chi connectivity index (χ4n) is 2.49. The quantitative estimate of drug-likeness (QED) is 0.633. The molecule has 1 unspecified atom stereocenters. The molecule has 2 rings (SSSR count). The number of nitrogens with one attached hydrogen (secondary N) is 2. The first kappa shape index (κ1) is 15.2. The van der Waals surface area contributed by atoms with Crippen LogP contribution in [0.15, 0.2) is 18.2 Å². The van der Waals surface area contributed by atoms with Gasteiger partial charge in [0, 0.05) is 30.8 Å². The molecule has 1 aromatic rings. The summed E-state index contributed by atoms with van der Waals surface area (Å²) in [5, 5.41) is 16.8. The number of benzene rings is 1. The summed E-state index contributed by atoms with van der Waals surface area (Å²) in [6.07, 6.45) is 0.926. The van der Waals surface area contributed by atoms with E-state index in [2.05, 4.69) is 15.5 Å². The summed E-state index contributed by atoms with van der Waals surface area (Å²) in [7, 11) is 2.02. The number of hydrogen-bond donors (Lipinski definition) is 2. The molecule has 1 fully saturated rings. The van der Waals surface area contributed by atoms with Crippen LogP contribution in [0.25, 0.3) is 0 Å². The van der Waals surface area contributed by atoms with Crippen LogP contribution < -0.4 is 10.6 Å². The minimum Gasteiger partial charge on any atom is -0.380 e. The lowest BCUT2D eigenvalue weighted by molar-refractivity contribution is -0.384. The van der Waals surface area contributed by atoms with E-state index >= 15 is 0 Å². The van der Waals surface area contributed by atoms with Crippen LogP contribution in [-0.4, -0.2) is 48.5 Å². The highest BCUT2D eigenvalue weighted by molar-refractivity contribution is 5.96. The zero-order valence-electron chi connectivity index (χ0n) is 12.3. The topological polar surface area (TPSA) is 87.5 Å². The standard InChI is InChI=1S/C14H20N4O3/c1-3-15-12-8-10(4-5-13(12)18(20)21)14(19)16-11-6-7-17(2)9-11/h4-5,8,11,15H,3,6-7,9H2,1-2H3,(H,16,19). The Morgan fingerprint density at radius 3 is 2.86 bits per heavy atom. The Morgan fingerprint density at radius 2 is 2.29 bits per heavy atom. The largest absolute Gasteiger partial charge is 0.380 e. The van der Waals surface area contributed by atoms with Crippen molar-refractivity contribution in [2.24, 2.45) is 0 Å². The predicted molar refractivity (Wildman–Crippen MR) is 80.6 cm³/mol. The zero-order chi connectivity index (χ0) is 15.4. The first-order valence-electron chi connectivity index (χ1n) is 7.03. The molecule has 114 valence electrons. The van der Waals surface area contributed by atoms with E-state index in [4.69, 9.17) is 0 Å². The van der Waals surface area contributed by atoms with E-state index in [-0.39, 0.29) is 17.6 Å². The molecule has 0 aromatic heterocycles. The molecule has 0 aliphatic carbocycles. The summed E-state index contributed by atoms with van der Waals surface area (Å²) >= 11 is 0. The van der Waals surface area contributed by atoms with Gasteiger partial charge in [0.2, 0.25) is 0 Å². The fraction of sp³-hybridized carbons (Fsp3) is 0.500. The molecule has 1 atom stereocenters. The minimum absolute atomic E-state index is 0.0194. The van der Waals surface area contributed by atoms with E-state index < -0.39 is 4.92 Å². The van der Waals surface area contributed by atoms with Crippen LogP contribution in [0.1, 0.15) is 23.7 Å². The number of likely N-dealkylation sites (tertiary alicyclic amines) is 1. The normalized spacial score (nSPS) is 18.5. The molecule has 7 nitrogen and oxygen atoms in total. The van der Waals surface area contributed by atoms with Gasteiger partial charge in [0.15, 0.2) is 0 Å². The Bertz CT molecular complexity index is 547. The first-order chi connectivity index (χ1) is 10.0. The summed E-state index contributed by atoms with van der Waals surface area (Å²) in [5.41, 5.74) is 0.791. The lowest BCUT2D eigenvalue weighted by Gasteiger charge is -2.13. The summed E-state index contributed by atoms with van der Waals surface area (Å²) in [5.74, 6) is -0.190. The molecule has 7 heteroatoms. The van der Waals surface area contributed by atoms with Crippen molar-refractivity contribution < 1.29 is 9.72 Å². The van der Waals surface area contributed by atoms with E-state index in [0.717, 1.165) is 19.5 Å². The number of carbonyl (C=O) groups excluding carboxylic acids is 1. The van der Waals surface area contributed by atoms with Crippen molar-refractivity contribution in [3.8, 4) is 0 Å². The molecule has 1 aliphatic heterocycles. The number of amides is 1. The fourth-order valence-corrected chi connectivity index (χ4v) is 2.49. The third kappa shape index (κ3) is 3.69. The van der Waals surface area contributed by atoms with Crippen molar-refractivity contribution in [3.63, 3.8) is 0 Å². The van der Waals surface area contributed by atoms with Crippen LogP contribution in [0.5, 0.6) is 0 Å². The number of nitro benzene ring substituents is 1. The Labute approximate surface area is 123 Å². The van der Waals surface area contributed by atoms with Crippen molar-refractivity contribution in [1.29, 1.82) is 0 Å². The van der Waals surface area contributed by atoms with Crippen LogP contribution in [0, 0.1) is 10.1 Å². The van der Waals surface area contributed by atoms with Crippen molar-refractivity contribution in [1.82, 2.24) is 10.2 Å². The zero-order valence-corrected chi connectivity index (χ0v) is 12.3. The second-order valence-corrected chi connectivity index (χ2v) is 5.24. The average molecular weight is 292 g/mol. The van der Waals surface area contributed by atoms with Gasteiger partial charge in [-0.2, -0.15) is 0 Å². The predicted octanol–water partition coefficient (Wildman–Crippen LogP) is 1.46. The maximum atomic E-state index is 12.2. The van der Waals surface area contributed by atoms with Crippen LogP contribution in [-0.2, 0) is 0 Å². The Morgan fingerprint density at radius 1 is 1.52 bits per heavy atom. The first-order valence-corrected chi connectivity index (χ1v) is 7.03. The van der Waals surface area contributed by atoms with Gasteiger partial charge in [-0.1, -0.05) is 0 Å². The smallest absolute Gasteiger partial charge is 0.292 e. The summed E-state index contributed by atoms with van der Waals surface area (Å²) in [6, 6.07) is 4.54. The SMILES string of the molecule is CCNc1cc(C(=O)NC2CCN(C)C2)ccc1[N+](=O)[O-]. The summed E-state index contributed by atoms with van der Waals surface area (Å²) < 4.78 is 0. The van der Waals surface area contributed by atoms with Crippen molar-refractivity contribution >= 4 is 17.3 Å². The Hall–Kier alpha value is -2.15. The minimum atomic E-state index is -0.453. The van der Waals surface area contributed by atoms with Gasteiger partial charge in [0.25, 0.3) is 11.6 Å². The van der Waals surface area contributed by atoms with Gasteiger partial charge in [0.05, 0.1) is 4.92 Å². The molecule has 0 radical (unpaired) electrons. The molecule has 1 amide bonds. The van der Waals surface area contributed by atoms with Crippen molar-refractivity contribution in [3.05, 3.63) is 33.9 Å². The number of anilines is 1. The maximum absolute atomic E-state index is 12.2. The molecule has 21 heavy (non-hydrogen) atoms. The third-order valence-corrected chi connectivity index (χ3v) is 3.55. The number of nitrogens with zero attached hydrogens (tertiary/aromatic N) is 2. The monoisotopic (exact) mass is 292 g/mol. The van der Waals surface area contributed by atoms with Crippen LogP contribution in [0.3, 0.4) is 0 Å². The van der Waals surface area contributed by atoms with Gasteiger partial charge in [-0.05, 0) is 39.1 Å². The number of rotatable bonds is 5. The Balaban J connectivity index is 2.13. The van der Waals surface area contributed by atoms with Crippen LogP contribution in [0.4, 0.5) is 11.4 Å². The van der Waals surface area contributed by atoms with E-state index in [1.807, 2.05) is 14.0 Å². The number of likely N-dealkylation sites (N-methyl/N-ethyl adjacent to an activating group) is 1. The molecule has 1 aliphatic rings. The Kier molecular flexibility index (Phi) is 4.74. The lowest BCUT2D eigenvalue weighted by atomic mass is 10.1. The summed E-state index contributed by atoms with van der Waals surface area (Å²) in [4.78, 5) is 24.9. The highest BCUT2D eigenvalue weighted by Crippen LogP contribution is 2.25. The van der Waals surface area contributed by atoms with Crippen molar-refractivity contribution in [2.45, 2.75) is 19.4 Å². The van der Waals surface area contributed by atoms with Gasteiger partial charge >= 0.3 is 0 Å². The lowest BCUT2D eigenvalue weighted by Crippen LogP contribution is -2.36. The number of nitro groups is 1. The molecule has 0 saturated carbocycles. The van der Waals surface area contributed by atoms with Gasteiger partial charge in [0.1, 0.15) is 5.69 Å². The second kappa shape index (κ2) is 6.53. The molecule has 1 aromatic carbocycles. The molecule has 0 bridgehead atoms.